The Hall–Kier alpha value is -0.0500. The molecule has 15 heavy (non-hydrogen) atoms. The first-order chi connectivity index (χ1) is 7.29. The molecule has 3 heteroatoms. The highest BCUT2D eigenvalue weighted by molar-refractivity contribution is 9.09. The summed E-state index contributed by atoms with van der Waals surface area (Å²) in [5, 5.41) is 0.904. The zero-order valence-electron chi connectivity index (χ0n) is 9.42. The first kappa shape index (κ1) is 11.4. The van der Waals surface area contributed by atoms with E-state index in [1.165, 1.54) is 19.3 Å². The molecule has 0 bridgehead atoms. The molecule has 0 N–H and O–H groups in total. The summed E-state index contributed by atoms with van der Waals surface area (Å²) in [6.07, 6.45) is 5.02. The monoisotopic (exact) mass is 273 g/mol. The minimum absolute atomic E-state index is 0.407. The largest absolute Gasteiger partial charge is 0.342 e. The number of nitrogens with zero attached hydrogens (tertiary/aromatic N) is 1. The van der Waals surface area contributed by atoms with Gasteiger partial charge in [-0.1, -0.05) is 29.3 Å². The normalized spacial score (nSPS) is 32.5. The van der Waals surface area contributed by atoms with Gasteiger partial charge in [-0.3, -0.25) is 4.79 Å². The molecule has 1 amide bonds. The van der Waals surface area contributed by atoms with Crippen LogP contribution >= 0.6 is 15.9 Å². The highest BCUT2D eigenvalue weighted by atomic mass is 79.9. The lowest BCUT2D eigenvalue weighted by atomic mass is 10.1. The second kappa shape index (κ2) is 4.86. The molecular weight excluding hydrogens is 254 g/mol. The van der Waals surface area contributed by atoms with Gasteiger partial charge in [0.05, 0.1) is 0 Å². The highest BCUT2D eigenvalue weighted by Crippen LogP contribution is 2.58. The van der Waals surface area contributed by atoms with Crippen LogP contribution < -0.4 is 0 Å². The van der Waals surface area contributed by atoms with Gasteiger partial charge >= 0.3 is 0 Å². The van der Waals surface area contributed by atoms with Gasteiger partial charge in [0.1, 0.15) is 0 Å². The quantitative estimate of drug-likeness (QED) is 0.706. The third-order valence-corrected chi connectivity index (χ3v) is 4.21. The van der Waals surface area contributed by atoms with Crippen LogP contribution in [0.15, 0.2) is 0 Å². The molecule has 2 unspecified atom stereocenters. The van der Waals surface area contributed by atoms with E-state index in [1.54, 1.807) is 0 Å². The van der Waals surface area contributed by atoms with Crippen LogP contribution in [-0.4, -0.2) is 29.2 Å². The summed E-state index contributed by atoms with van der Waals surface area (Å²) < 4.78 is 0. The Morgan fingerprint density at radius 1 is 1.33 bits per heavy atom. The summed E-state index contributed by atoms with van der Waals surface area (Å²) in [4.78, 5) is 14.3. The van der Waals surface area contributed by atoms with E-state index in [0.29, 0.717) is 11.8 Å². The van der Waals surface area contributed by atoms with Gasteiger partial charge in [0.25, 0.3) is 0 Å². The average molecular weight is 274 g/mol. The molecule has 86 valence electrons. The second-order valence-electron chi connectivity index (χ2n) is 4.80. The van der Waals surface area contributed by atoms with Crippen molar-refractivity contribution < 1.29 is 4.79 Å². The van der Waals surface area contributed by atoms with Gasteiger partial charge in [-0.05, 0) is 31.1 Å². The van der Waals surface area contributed by atoms with Crippen LogP contribution in [0.4, 0.5) is 0 Å². The Morgan fingerprint density at radius 2 is 2.00 bits per heavy atom. The second-order valence-corrected chi connectivity index (χ2v) is 5.59. The van der Waals surface area contributed by atoms with Gasteiger partial charge in [0.2, 0.25) is 5.91 Å². The zero-order chi connectivity index (χ0) is 10.8. The number of rotatable bonds is 5. The molecule has 2 fully saturated rings. The minimum atomic E-state index is 0.407. The van der Waals surface area contributed by atoms with Crippen LogP contribution in [0.2, 0.25) is 0 Å². The van der Waals surface area contributed by atoms with Gasteiger partial charge < -0.3 is 4.90 Å². The molecule has 2 saturated carbocycles. The number of halogens is 1. The summed E-state index contributed by atoms with van der Waals surface area (Å²) in [7, 11) is 0. The summed E-state index contributed by atoms with van der Waals surface area (Å²) in [6, 6.07) is 0. The van der Waals surface area contributed by atoms with Crippen molar-refractivity contribution in [2.24, 2.45) is 17.8 Å². The highest BCUT2D eigenvalue weighted by Gasteiger charge is 2.57. The third kappa shape index (κ3) is 2.22. The molecule has 2 rings (SSSR count). The first-order valence-corrected chi connectivity index (χ1v) is 7.26. The molecule has 0 aromatic carbocycles. The molecule has 2 atom stereocenters. The molecule has 0 spiro atoms. The Labute approximate surface area is 101 Å². The Bertz CT molecular complexity index is 228. The fourth-order valence-corrected chi connectivity index (χ4v) is 3.53. The van der Waals surface area contributed by atoms with E-state index >= 15 is 0 Å². The zero-order valence-corrected chi connectivity index (χ0v) is 11.0. The van der Waals surface area contributed by atoms with E-state index in [1.807, 2.05) is 0 Å². The smallest absolute Gasteiger partial charge is 0.226 e. The van der Waals surface area contributed by atoms with E-state index in [-0.39, 0.29) is 0 Å². The van der Waals surface area contributed by atoms with Gasteiger partial charge in [0, 0.05) is 24.3 Å². The lowest BCUT2D eigenvalue weighted by molar-refractivity contribution is -0.133. The standard InChI is InChI=1S/C12H20BrNO/c1-2-7-14(8-6-13)12(15)11-9-4-3-5-10(9)11/h9-11H,2-8H2,1H3. The van der Waals surface area contributed by atoms with Crippen molar-refractivity contribution in [2.45, 2.75) is 32.6 Å². The van der Waals surface area contributed by atoms with E-state index < -0.39 is 0 Å². The number of alkyl halides is 1. The van der Waals surface area contributed by atoms with Crippen molar-refractivity contribution in [1.82, 2.24) is 4.90 Å². The number of carbonyl (C=O) groups is 1. The maximum atomic E-state index is 12.2. The lowest BCUT2D eigenvalue weighted by Gasteiger charge is -2.22. The minimum Gasteiger partial charge on any atom is -0.342 e. The Balaban J connectivity index is 1.88. The molecule has 0 heterocycles. The summed E-state index contributed by atoms with van der Waals surface area (Å²) in [6.45, 7) is 3.95. The number of fused-ring (bicyclic) bond motifs is 1. The topological polar surface area (TPSA) is 20.3 Å². The molecule has 2 aliphatic rings. The molecule has 0 radical (unpaired) electrons. The maximum absolute atomic E-state index is 12.2. The Kier molecular flexibility index (Phi) is 3.70. The van der Waals surface area contributed by atoms with E-state index in [4.69, 9.17) is 0 Å². The van der Waals surface area contributed by atoms with Gasteiger partial charge in [0.15, 0.2) is 0 Å². The van der Waals surface area contributed by atoms with Crippen molar-refractivity contribution in [3.8, 4) is 0 Å². The predicted molar refractivity (Wildman–Crippen MR) is 65.0 cm³/mol. The van der Waals surface area contributed by atoms with Crippen LogP contribution in [0.25, 0.3) is 0 Å². The van der Waals surface area contributed by atoms with Crippen LogP contribution in [0.1, 0.15) is 32.6 Å². The van der Waals surface area contributed by atoms with Crippen LogP contribution in [-0.2, 0) is 4.79 Å². The fraction of sp³-hybridized carbons (Fsp3) is 0.917. The molecule has 2 nitrogen and oxygen atoms in total. The van der Waals surface area contributed by atoms with Crippen molar-refractivity contribution in [2.75, 3.05) is 18.4 Å². The molecule has 0 saturated heterocycles. The van der Waals surface area contributed by atoms with Gasteiger partial charge in [-0.15, -0.1) is 0 Å². The summed E-state index contributed by atoms with van der Waals surface area (Å²) >= 11 is 3.43. The van der Waals surface area contributed by atoms with Crippen molar-refractivity contribution in [1.29, 1.82) is 0 Å². The molecule has 0 aliphatic heterocycles. The summed E-state index contributed by atoms with van der Waals surface area (Å²) in [5.74, 6) is 2.36. The van der Waals surface area contributed by atoms with E-state index in [0.717, 1.165) is 36.7 Å². The SMILES string of the molecule is CCCN(CCBr)C(=O)C1C2CCCC21. The number of hydrogen-bond acceptors (Lipinski definition) is 1. The van der Waals surface area contributed by atoms with Crippen LogP contribution in [0, 0.1) is 17.8 Å². The molecule has 0 aromatic rings. The van der Waals surface area contributed by atoms with Gasteiger partial charge in [-0.2, -0.15) is 0 Å². The predicted octanol–water partition coefficient (Wildman–Crippen LogP) is 2.67. The van der Waals surface area contributed by atoms with Crippen LogP contribution in [0.3, 0.4) is 0 Å². The Morgan fingerprint density at radius 3 is 2.53 bits per heavy atom. The third-order valence-electron chi connectivity index (χ3n) is 3.85. The number of hydrogen-bond donors (Lipinski definition) is 0. The van der Waals surface area contributed by atoms with Crippen molar-refractivity contribution >= 4 is 21.8 Å². The van der Waals surface area contributed by atoms with Crippen molar-refractivity contribution in [3.05, 3.63) is 0 Å². The first-order valence-electron chi connectivity index (χ1n) is 6.14. The number of amides is 1. The van der Waals surface area contributed by atoms with Crippen LogP contribution in [0.5, 0.6) is 0 Å². The molecule has 0 aromatic heterocycles. The lowest BCUT2D eigenvalue weighted by Crippen LogP contribution is -2.35. The molecule has 2 aliphatic carbocycles. The maximum Gasteiger partial charge on any atom is 0.226 e. The van der Waals surface area contributed by atoms with E-state index in [9.17, 15) is 4.79 Å². The van der Waals surface area contributed by atoms with Crippen molar-refractivity contribution in [3.63, 3.8) is 0 Å². The molecular formula is C12H20BrNO. The fourth-order valence-electron chi connectivity index (χ4n) is 3.10. The van der Waals surface area contributed by atoms with E-state index in [2.05, 4.69) is 27.8 Å². The van der Waals surface area contributed by atoms with Gasteiger partial charge in [-0.25, -0.2) is 0 Å². The number of carbonyl (C=O) groups excluding carboxylic acids is 1. The average Bonchev–Trinajstić information content (AvgIpc) is 2.70. The summed E-state index contributed by atoms with van der Waals surface area (Å²) in [5.41, 5.74) is 0.